The van der Waals surface area contributed by atoms with Crippen molar-refractivity contribution in [3.63, 3.8) is 0 Å². The Morgan fingerprint density at radius 3 is 2.52 bits per heavy atom. The fourth-order valence-corrected chi connectivity index (χ4v) is 4.73. The topological polar surface area (TPSA) is 41.6 Å². The molecule has 0 aromatic rings. The highest BCUT2D eigenvalue weighted by atomic mass is 35.5. The quantitative estimate of drug-likeness (QED) is 0.803. The molecular formula is C16H27ClN2O2. The van der Waals surface area contributed by atoms with Gasteiger partial charge in [0.15, 0.2) is 0 Å². The fourth-order valence-electron chi connectivity index (χ4n) is 4.73. The molecule has 0 radical (unpaired) electrons. The minimum atomic E-state index is 0. The van der Waals surface area contributed by atoms with Gasteiger partial charge in [0.2, 0.25) is 5.91 Å². The number of ether oxygens (including phenoxy) is 1. The molecule has 21 heavy (non-hydrogen) atoms. The summed E-state index contributed by atoms with van der Waals surface area (Å²) in [5, 5.41) is 3.42. The zero-order valence-electron chi connectivity index (χ0n) is 12.7. The molecule has 4 nitrogen and oxygen atoms in total. The maximum absolute atomic E-state index is 12.8. The molecule has 1 saturated carbocycles. The van der Waals surface area contributed by atoms with Crippen molar-refractivity contribution in [1.29, 1.82) is 0 Å². The first kappa shape index (κ1) is 15.6. The number of nitrogens with zero attached hydrogens (tertiary/aromatic N) is 1. The van der Waals surface area contributed by atoms with Gasteiger partial charge in [-0.25, -0.2) is 0 Å². The Bertz CT molecular complexity index is 403. The van der Waals surface area contributed by atoms with Crippen LogP contribution in [0.15, 0.2) is 0 Å². The highest BCUT2D eigenvalue weighted by Crippen LogP contribution is 2.59. The van der Waals surface area contributed by atoms with Crippen molar-refractivity contribution in [2.75, 3.05) is 39.4 Å². The Labute approximate surface area is 133 Å². The lowest BCUT2D eigenvalue weighted by Gasteiger charge is -2.33. The molecule has 4 rings (SSSR count). The normalized spacial score (nSPS) is 33.0. The lowest BCUT2D eigenvalue weighted by atomic mass is 9.80. The van der Waals surface area contributed by atoms with Crippen molar-refractivity contribution < 1.29 is 9.53 Å². The zero-order chi connectivity index (χ0) is 13.6. The van der Waals surface area contributed by atoms with Crippen LogP contribution < -0.4 is 5.32 Å². The number of carbonyl (C=O) groups is 1. The fraction of sp³-hybridized carbons (Fsp3) is 0.938. The van der Waals surface area contributed by atoms with Gasteiger partial charge in [0.05, 0.1) is 0 Å². The van der Waals surface area contributed by atoms with E-state index in [1.807, 2.05) is 0 Å². The molecule has 5 heteroatoms. The van der Waals surface area contributed by atoms with Crippen molar-refractivity contribution >= 4 is 18.3 Å². The zero-order valence-corrected chi connectivity index (χ0v) is 13.6. The van der Waals surface area contributed by atoms with Gasteiger partial charge < -0.3 is 15.0 Å². The highest BCUT2D eigenvalue weighted by Gasteiger charge is 2.59. The molecule has 120 valence electrons. The van der Waals surface area contributed by atoms with Crippen molar-refractivity contribution in [1.82, 2.24) is 10.2 Å². The van der Waals surface area contributed by atoms with E-state index in [1.54, 1.807) is 0 Å². The summed E-state index contributed by atoms with van der Waals surface area (Å²) in [6.07, 6.45) is 7.06. The van der Waals surface area contributed by atoms with Crippen LogP contribution in [0.5, 0.6) is 0 Å². The Morgan fingerprint density at radius 2 is 1.81 bits per heavy atom. The van der Waals surface area contributed by atoms with E-state index in [-0.39, 0.29) is 12.4 Å². The summed E-state index contributed by atoms with van der Waals surface area (Å²) in [6.45, 7) is 5.97. The summed E-state index contributed by atoms with van der Waals surface area (Å²) in [5.41, 5.74) is 0.776. The summed E-state index contributed by atoms with van der Waals surface area (Å²) in [7, 11) is 0. The van der Waals surface area contributed by atoms with Gasteiger partial charge in [-0.1, -0.05) is 0 Å². The number of piperidine rings is 1. The van der Waals surface area contributed by atoms with E-state index in [0.29, 0.717) is 22.7 Å². The molecule has 0 bridgehead atoms. The predicted octanol–water partition coefficient (Wildman–Crippen LogP) is 1.83. The average Bonchev–Trinajstić information content (AvgIpc) is 3.01. The summed E-state index contributed by atoms with van der Waals surface area (Å²) in [6, 6.07) is 0. The maximum atomic E-state index is 12.8. The van der Waals surface area contributed by atoms with Gasteiger partial charge in [-0.3, -0.25) is 4.79 Å². The van der Waals surface area contributed by atoms with E-state index in [0.717, 1.165) is 58.7 Å². The lowest BCUT2D eigenvalue weighted by molar-refractivity contribution is -0.133. The van der Waals surface area contributed by atoms with Gasteiger partial charge in [0.1, 0.15) is 0 Å². The number of hydrogen-bond donors (Lipinski definition) is 1. The average molecular weight is 315 g/mol. The predicted molar refractivity (Wildman–Crippen MR) is 83.6 cm³/mol. The van der Waals surface area contributed by atoms with Gasteiger partial charge >= 0.3 is 0 Å². The number of likely N-dealkylation sites (tertiary alicyclic amines) is 1. The molecule has 1 amide bonds. The molecule has 4 aliphatic rings. The molecule has 1 atom stereocenters. The minimum Gasteiger partial charge on any atom is -0.381 e. The van der Waals surface area contributed by atoms with E-state index in [9.17, 15) is 4.79 Å². The Morgan fingerprint density at radius 1 is 1.10 bits per heavy atom. The van der Waals surface area contributed by atoms with Crippen LogP contribution in [0.3, 0.4) is 0 Å². The molecule has 1 N–H and O–H groups in total. The van der Waals surface area contributed by atoms with E-state index < -0.39 is 0 Å². The standard InChI is InChI=1S/C16H26N2O2.ClH/c19-14(13-11-16(13)1-6-17-7-2-16)18-8-3-15(12-18)4-9-20-10-5-15;/h13,17H,1-12H2;1H. The van der Waals surface area contributed by atoms with Gasteiger partial charge in [-0.05, 0) is 62.4 Å². The largest absolute Gasteiger partial charge is 0.381 e. The van der Waals surface area contributed by atoms with Gasteiger partial charge in [-0.2, -0.15) is 0 Å². The molecule has 3 saturated heterocycles. The molecule has 2 spiro atoms. The number of rotatable bonds is 1. The van der Waals surface area contributed by atoms with E-state index in [1.165, 1.54) is 19.3 Å². The number of hydrogen-bond acceptors (Lipinski definition) is 3. The second-order valence-corrected chi connectivity index (χ2v) is 7.49. The summed E-state index contributed by atoms with van der Waals surface area (Å²) < 4.78 is 5.49. The summed E-state index contributed by atoms with van der Waals surface area (Å²) in [5.74, 6) is 0.815. The highest BCUT2D eigenvalue weighted by molar-refractivity contribution is 5.85. The second kappa shape index (κ2) is 5.71. The number of halogens is 1. The van der Waals surface area contributed by atoms with E-state index in [2.05, 4.69) is 10.2 Å². The van der Waals surface area contributed by atoms with Gasteiger partial charge in [0.25, 0.3) is 0 Å². The number of nitrogens with one attached hydrogen (secondary N) is 1. The number of carbonyl (C=O) groups excluding carboxylic acids is 1. The van der Waals surface area contributed by atoms with E-state index in [4.69, 9.17) is 4.74 Å². The third-order valence-electron chi connectivity index (χ3n) is 6.39. The van der Waals surface area contributed by atoms with Crippen LogP contribution in [0.1, 0.15) is 38.5 Å². The van der Waals surface area contributed by atoms with E-state index >= 15 is 0 Å². The van der Waals surface area contributed by atoms with Crippen LogP contribution >= 0.6 is 12.4 Å². The third-order valence-corrected chi connectivity index (χ3v) is 6.39. The third kappa shape index (κ3) is 2.71. The van der Waals surface area contributed by atoms with Gasteiger partial charge in [-0.15, -0.1) is 12.4 Å². The van der Waals surface area contributed by atoms with Crippen LogP contribution in [-0.4, -0.2) is 50.2 Å². The molecular weight excluding hydrogens is 288 g/mol. The second-order valence-electron chi connectivity index (χ2n) is 7.49. The molecule has 1 aliphatic carbocycles. The minimum absolute atomic E-state index is 0. The van der Waals surface area contributed by atoms with Crippen LogP contribution in [-0.2, 0) is 9.53 Å². The van der Waals surface area contributed by atoms with Crippen LogP contribution in [0, 0.1) is 16.7 Å². The maximum Gasteiger partial charge on any atom is 0.226 e. The summed E-state index contributed by atoms with van der Waals surface area (Å²) in [4.78, 5) is 15.0. The van der Waals surface area contributed by atoms with Crippen LogP contribution in [0.2, 0.25) is 0 Å². The first-order chi connectivity index (χ1) is 9.73. The molecule has 3 heterocycles. The van der Waals surface area contributed by atoms with Crippen LogP contribution in [0.4, 0.5) is 0 Å². The molecule has 4 fully saturated rings. The Balaban J connectivity index is 0.00000132. The van der Waals surface area contributed by atoms with Crippen molar-refractivity contribution in [3.05, 3.63) is 0 Å². The monoisotopic (exact) mass is 314 g/mol. The first-order valence-electron chi connectivity index (χ1n) is 8.31. The van der Waals surface area contributed by atoms with Crippen molar-refractivity contribution in [2.45, 2.75) is 38.5 Å². The Hall–Kier alpha value is -0.320. The first-order valence-corrected chi connectivity index (χ1v) is 8.31. The smallest absolute Gasteiger partial charge is 0.226 e. The summed E-state index contributed by atoms with van der Waals surface area (Å²) >= 11 is 0. The van der Waals surface area contributed by atoms with Gasteiger partial charge in [0, 0.05) is 32.2 Å². The van der Waals surface area contributed by atoms with Crippen LogP contribution in [0.25, 0.3) is 0 Å². The molecule has 0 aromatic heterocycles. The van der Waals surface area contributed by atoms with Crippen molar-refractivity contribution in [2.24, 2.45) is 16.7 Å². The SMILES string of the molecule is Cl.O=C(C1CC12CCNCC2)N1CCC2(CCOCC2)C1. The molecule has 1 unspecified atom stereocenters. The molecule has 3 aliphatic heterocycles. The Kier molecular flexibility index (Phi) is 4.23. The lowest BCUT2D eigenvalue weighted by Crippen LogP contribution is -2.38. The molecule has 0 aromatic carbocycles. The number of amides is 1. The van der Waals surface area contributed by atoms with Crippen molar-refractivity contribution in [3.8, 4) is 0 Å².